The van der Waals surface area contributed by atoms with Crippen LogP contribution in [0.1, 0.15) is 37.7 Å². The summed E-state index contributed by atoms with van der Waals surface area (Å²) in [4.78, 5) is 42.2. The van der Waals surface area contributed by atoms with Gasteiger partial charge in [-0.1, -0.05) is 30.5 Å². The molecule has 2 aliphatic rings. The lowest BCUT2D eigenvalue weighted by molar-refractivity contribution is -0.124. The summed E-state index contributed by atoms with van der Waals surface area (Å²) in [6.07, 6.45) is 3.69. The first-order valence-corrected chi connectivity index (χ1v) is 10.6. The number of benzene rings is 2. The Kier molecular flexibility index (Phi) is 5.93. The minimum atomic E-state index is -0.796. The van der Waals surface area contributed by atoms with E-state index in [9.17, 15) is 14.4 Å². The van der Waals surface area contributed by atoms with Crippen molar-refractivity contribution in [2.45, 2.75) is 51.1 Å². The van der Waals surface area contributed by atoms with Crippen LogP contribution in [0.4, 0.5) is 16.2 Å². The first-order chi connectivity index (χ1) is 15.0. The molecule has 1 N–H and O–H groups in total. The van der Waals surface area contributed by atoms with Crippen LogP contribution in [0.2, 0.25) is 0 Å². The molecule has 2 aromatic rings. The van der Waals surface area contributed by atoms with Crippen molar-refractivity contribution < 1.29 is 19.1 Å². The van der Waals surface area contributed by atoms with Gasteiger partial charge in [-0.05, 0) is 56.2 Å². The highest BCUT2D eigenvalue weighted by molar-refractivity contribution is 6.22. The fraction of sp³-hybridized carbons (Fsp3) is 0.375. The molecule has 0 aromatic heterocycles. The van der Waals surface area contributed by atoms with Crippen molar-refractivity contribution in [3.63, 3.8) is 0 Å². The van der Waals surface area contributed by atoms with Crippen molar-refractivity contribution in [1.29, 1.82) is 0 Å². The first-order valence-electron chi connectivity index (χ1n) is 10.6. The topological polar surface area (TPSA) is 79.0 Å². The molecule has 162 valence electrons. The highest BCUT2D eigenvalue weighted by atomic mass is 16.5. The molecule has 7 heteroatoms. The number of hydrogen-bond donors (Lipinski definition) is 1. The molecule has 2 fully saturated rings. The minimum Gasteiger partial charge on any atom is -0.497 e. The van der Waals surface area contributed by atoms with Crippen LogP contribution >= 0.6 is 0 Å². The predicted octanol–water partition coefficient (Wildman–Crippen LogP) is 4.11. The Bertz CT molecular complexity index is 965. The van der Waals surface area contributed by atoms with Gasteiger partial charge in [0.1, 0.15) is 11.8 Å². The minimum absolute atomic E-state index is 0.00863. The molecule has 1 atom stereocenters. The second-order valence-electron chi connectivity index (χ2n) is 8.13. The van der Waals surface area contributed by atoms with Gasteiger partial charge >= 0.3 is 6.03 Å². The number of hydrogen-bond acceptors (Lipinski definition) is 4. The molecular formula is C24H27N3O4. The van der Waals surface area contributed by atoms with Gasteiger partial charge in [0, 0.05) is 11.7 Å². The summed E-state index contributed by atoms with van der Waals surface area (Å²) in [6, 6.07) is 13.2. The van der Waals surface area contributed by atoms with Crippen LogP contribution in [-0.4, -0.2) is 41.9 Å². The number of nitrogens with one attached hydrogen (secondary N) is 1. The van der Waals surface area contributed by atoms with E-state index in [1.165, 1.54) is 4.90 Å². The summed E-state index contributed by atoms with van der Waals surface area (Å²) >= 11 is 0. The van der Waals surface area contributed by atoms with Gasteiger partial charge in [-0.3, -0.25) is 9.59 Å². The maximum Gasteiger partial charge on any atom is 0.332 e. The van der Waals surface area contributed by atoms with Crippen LogP contribution in [-0.2, 0) is 9.59 Å². The molecule has 4 amide bonds. The monoisotopic (exact) mass is 421 g/mol. The van der Waals surface area contributed by atoms with Crippen molar-refractivity contribution >= 4 is 29.2 Å². The van der Waals surface area contributed by atoms with Crippen LogP contribution in [0.15, 0.2) is 48.5 Å². The molecule has 1 heterocycles. The third-order valence-electron chi connectivity index (χ3n) is 6.02. The van der Waals surface area contributed by atoms with Crippen LogP contribution in [0, 0.1) is 6.92 Å². The van der Waals surface area contributed by atoms with Crippen molar-refractivity contribution in [2.75, 3.05) is 17.3 Å². The lowest BCUT2D eigenvalue weighted by Gasteiger charge is -2.27. The normalized spacial score (nSPS) is 19.2. The Balaban J connectivity index is 1.55. The Morgan fingerprint density at radius 1 is 1.03 bits per heavy atom. The SMILES string of the molecule is COc1ccc(NC(=O)C[C@@H]2C(=O)N(c3ccc(C)cc3)C(=O)N2C2CCCC2)cc1. The standard InChI is InChI=1S/C24H27N3O4/c1-16-7-11-19(12-8-16)27-23(29)21(26(24(27)30)18-5-3-4-6-18)15-22(28)25-17-9-13-20(31-2)14-10-17/h7-14,18,21H,3-6,15H2,1-2H3,(H,25,28)/t21-/m1/s1. The Morgan fingerprint density at radius 3 is 2.29 bits per heavy atom. The van der Waals surface area contributed by atoms with E-state index in [1.807, 2.05) is 19.1 Å². The Morgan fingerprint density at radius 2 is 1.68 bits per heavy atom. The Hall–Kier alpha value is -3.35. The zero-order chi connectivity index (χ0) is 22.0. The molecule has 0 radical (unpaired) electrons. The molecule has 1 aliphatic carbocycles. The first kappa shape index (κ1) is 20.9. The van der Waals surface area contributed by atoms with Gasteiger partial charge in [-0.2, -0.15) is 0 Å². The van der Waals surface area contributed by atoms with Gasteiger partial charge in [-0.15, -0.1) is 0 Å². The number of aryl methyl sites for hydroxylation is 1. The number of rotatable bonds is 6. The van der Waals surface area contributed by atoms with Gasteiger partial charge in [0.25, 0.3) is 5.91 Å². The summed E-state index contributed by atoms with van der Waals surface area (Å²) < 4.78 is 5.13. The molecular weight excluding hydrogens is 394 g/mol. The third-order valence-corrected chi connectivity index (χ3v) is 6.02. The average Bonchev–Trinajstić information content (AvgIpc) is 3.36. The van der Waals surface area contributed by atoms with Crippen molar-refractivity contribution in [3.05, 3.63) is 54.1 Å². The zero-order valence-corrected chi connectivity index (χ0v) is 17.8. The maximum atomic E-state index is 13.3. The quantitative estimate of drug-likeness (QED) is 0.712. The smallest absolute Gasteiger partial charge is 0.332 e. The summed E-state index contributed by atoms with van der Waals surface area (Å²) in [5, 5.41) is 2.83. The van der Waals surface area contributed by atoms with E-state index in [4.69, 9.17) is 4.74 Å². The van der Waals surface area contributed by atoms with E-state index in [0.717, 1.165) is 31.2 Å². The van der Waals surface area contributed by atoms with Crippen LogP contribution in [0.25, 0.3) is 0 Å². The van der Waals surface area contributed by atoms with Gasteiger partial charge < -0.3 is 15.0 Å². The zero-order valence-electron chi connectivity index (χ0n) is 17.8. The number of nitrogens with zero attached hydrogens (tertiary/aromatic N) is 2. The van der Waals surface area contributed by atoms with Crippen LogP contribution in [0.3, 0.4) is 0 Å². The molecule has 1 saturated carbocycles. The fourth-order valence-electron chi connectivity index (χ4n) is 4.38. The largest absolute Gasteiger partial charge is 0.497 e. The summed E-state index contributed by atoms with van der Waals surface area (Å²) in [5.41, 5.74) is 2.21. The number of ether oxygens (including phenoxy) is 1. The highest BCUT2D eigenvalue weighted by Crippen LogP contribution is 2.34. The summed E-state index contributed by atoms with van der Waals surface area (Å²) in [6.45, 7) is 1.95. The molecule has 7 nitrogen and oxygen atoms in total. The maximum absolute atomic E-state index is 13.3. The van der Waals surface area contributed by atoms with Gasteiger partial charge in [-0.25, -0.2) is 9.69 Å². The second-order valence-corrected chi connectivity index (χ2v) is 8.13. The molecule has 1 saturated heterocycles. The number of carbonyl (C=O) groups is 3. The number of anilines is 2. The molecule has 1 aliphatic heterocycles. The van der Waals surface area contributed by atoms with Crippen molar-refractivity contribution in [2.24, 2.45) is 0 Å². The van der Waals surface area contributed by atoms with E-state index >= 15 is 0 Å². The van der Waals surface area contributed by atoms with Crippen LogP contribution in [0.5, 0.6) is 5.75 Å². The number of urea groups is 1. The fourth-order valence-corrected chi connectivity index (χ4v) is 4.38. The van der Waals surface area contributed by atoms with Gasteiger partial charge in [0.2, 0.25) is 5.91 Å². The molecule has 4 rings (SSSR count). The summed E-state index contributed by atoms with van der Waals surface area (Å²) in [7, 11) is 1.58. The van der Waals surface area contributed by atoms with Crippen molar-refractivity contribution in [3.8, 4) is 5.75 Å². The van der Waals surface area contributed by atoms with E-state index < -0.39 is 6.04 Å². The lowest BCUT2D eigenvalue weighted by Crippen LogP contribution is -2.43. The van der Waals surface area contributed by atoms with E-state index in [0.29, 0.717) is 17.1 Å². The molecule has 2 aromatic carbocycles. The van der Waals surface area contributed by atoms with Crippen LogP contribution < -0.4 is 15.0 Å². The lowest BCUT2D eigenvalue weighted by atomic mass is 10.1. The van der Waals surface area contributed by atoms with Crippen molar-refractivity contribution in [1.82, 2.24) is 4.90 Å². The number of carbonyl (C=O) groups excluding carboxylic acids is 3. The molecule has 0 spiro atoms. The number of amides is 4. The third kappa shape index (κ3) is 4.26. The average molecular weight is 421 g/mol. The summed E-state index contributed by atoms with van der Waals surface area (Å²) in [5.74, 6) is 0.0476. The molecule has 31 heavy (non-hydrogen) atoms. The molecule has 0 bridgehead atoms. The van der Waals surface area contributed by atoms with E-state index in [1.54, 1.807) is 48.4 Å². The Labute approximate surface area is 182 Å². The van der Waals surface area contributed by atoms with E-state index in [-0.39, 0.29) is 30.3 Å². The number of imide groups is 1. The molecule has 0 unspecified atom stereocenters. The van der Waals surface area contributed by atoms with Gasteiger partial charge in [0.15, 0.2) is 0 Å². The van der Waals surface area contributed by atoms with E-state index in [2.05, 4.69) is 5.32 Å². The predicted molar refractivity (Wildman–Crippen MR) is 118 cm³/mol. The number of methoxy groups -OCH3 is 1. The second kappa shape index (κ2) is 8.79. The van der Waals surface area contributed by atoms with Gasteiger partial charge in [0.05, 0.1) is 19.2 Å². The highest BCUT2D eigenvalue weighted by Gasteiger charge is 2.49.